The van der Waals surface area contributed by atoms with Gasteiger partial charge < -0.3 is 5.32 Å². The Kier molecular flexibility index (Phi) is 4.94. The van der Waals surface area contributed by atoms with Crippen molar-refractivity contribution >= 4 is 31.5 Å². The Balaban J connectivity index is 2.34. The maximum absolute atomic E-state index is 12.4. The maximum atomic E-state index is 12.4. The molecule has 0 radical (unpaired) electrons. The van der Waals surface area contributed by atoms with Crippen molar-refractivity contribution in [3.8, 4) is 0 Å². The highest BCUT2D eigenvalue weighted by Crippen LogP contribution is 2.25. The van der Waals surface area contributed by atoms with E-state index < -0.39 is 19.9 Å². The van der Waals surface area contributed by atoms with Gasteiger partial charge in [0.1, 0.15) is 4.90 Å². The second-order valence-corrected chi connectivity index (χ2v) is 9.13. The zero-order valence-corrected chi connectivity index (χ0v) is 13.9. The number of benzene rings is 1. The van der Waals surface area contributed by atoms with Crippen LogP contribution in [0.2, 0.25) is 5.02 Å². The minimum absolute atomic E-state index is 0.00123. The molecule has 1 aliphatic rings. The molecule has 9 heteroatoms. The summed E-state index contributed by atoms with van der Waals surface area (Å²) in [5, 5.41) is 3.10. The first-order valence-corrected chi connectivity index (χ1v) is 10.2. The van der Waals surface area contributed by atoms with E-state index in [4.69, 9.17) is 11.6 Å². The van der Waals surface area contributed by atoms with Crippen LogP contribution in [0.25, 0.3) is 0 Å². The molecule has 0 unspecified atom stereocenters. The predicted molar refractivity (Wildman–Crippen MR) is 80.8 cm³/mol. The SMILES string of the molecule is CS(=O)(=O)c1ccc(Cl)c(S(=O)(=O)N[C@@H]2CCCNC2)c1. The Morgan fingerprint density at radius 1 is 1.29 bits per heavy atom. The summed E-state index contributed by atoms with van der Waals surface area (Å²) in [7, 11) is -7.36. The molecule has 0 spiro atoms. The lowest BCUT2D eigenvalue weighted by molar-refractivity contribution is 0.428. The quantitative estimate of drug-likeness (QED) is 0.835. The largest absolute Gasteiger partial charge is 0.315 e. The lowest BCUT2D eigenvalue weighted by Gasteiger charge is -2.23. The Morgan fingerprint density at radius 3 is 2.57 bits per heavy atom. The zero-order valence-electron chi connectivity index (χ0n) is 11.5. The lowest BCUT2D eigenvalue weighted by atomic mass is 10.1. The van der Waals surface area contributed by atoms with E-state index in [1.165, 1.54) is 12.1 Å². The van der Waals surface area contributed by atoms with E-state index in [0.717, 1.165) is 31.7 Å². The van der Waals surface area contributed by atoms with Gasteiger partial charge in [-0.15, -0.1) is 0 Å². The average Bonchev–Trinajstić information content (AvgIpc) is 2.38. The first-order valence-electron chi connectivity index (χ1n) is 6.43. The molecule has 0 bridgehead atoms. The summed E-state index contributed by atoms with van der Waals surface area (Å²) >= 11 is 5.92. The third-order valence-electron chi connectivity index (χ3n) is 3.24. The zero-order chi connectivity index (χ0) is 15.7. The highest BCUT2D eigenvalue weighted by atomic mass is 35.5. The van der Waals surface area contributed by atoms with Crippen molar-refractivity contribution in [2.45, 2.75) is 28.7 Å². The van der Waals surface area contributed by atoms with Crippen molar-refractivity contribution < 1.29 is 16.8 Å². The van der Waals surface area contributed by atoms with Crippen molar-refractivity contribution in [1.29, 1.82) is 0 Å². The molecule has 1 aromatic carbocycles. The molecule has 1 heterocycles. The fraction of sp³-hybridized carbons (Fsp3) is 0.500. The van der Waals surface area contributed by atoms with E-state index in [0.29, 0.717) is 6.54 Å². The van der Waals surface area contributed by atoms with Gasteiger partial charge >= 0.3 is 0 Å². The van der Waals surface area contributed by atoms with Gasteiger partial charge in [-0.2, -0.15) is 0 Å². The van der Waals surface area contributed by atoms with Crippen LogP contribution in [0.15, 0.2) is 28.0 Å². The molecule has 2 rings (SSSR count). The molecule has 1 aromatic rings. The van der Waals surface area contributed by atoms with Crippen LogP contribution in [0.5, 0.6) is 0 Å². The number of sulfonamides is 1. The van der Waals surface area contributed by atoms with E-state index in [1.807, 2.05) is 0 Å². The van der Waals surface area contributed by atoms with Gasteiger partial charge in [-0.05, 0) is 37.6 Å². The lowest BCUT2D eigenvalue weighted by Crippen LogP contribution is -2.45. The topological polar surface area (TPSA) is 92.3 Å². The van der Waals surface area contributed by atoms with Crippen LogP contribution in [0.4, 0.5) is 0 Å². The molecule has 0 amide bonds. The minimum Gasteiger partial charge on any atom is -0.315 e. The minimum atomic E-state index is -3.86. The van der Waals surface area contributed by atoms with Crippen molar-refractivity contribution in [2.24, 2.45) is 0 Å². The third kappa shape index (κ3) is 4.17. The molecular weight excluding hydrogens is 336 g/mol. The summed E-state index contributed by atoms with van der Waals surface area (Å²) in [6, 6.07) is 3.45. The molecule has 2 N–H and O–H groups in total. The summed E-state index contributed by atoms with van der Waals surface area (Å²) in [5.74, 6) is 0. The van der Waals surface area contributed by atoms with Gasteiger partial charge in [-0.25, -0.2) is 21.6 Å². The highest BCUT2D eigenvalue weighted by Gasteiger charge is 2.25. The third-order valence-corrected chi connectivity index (χ3v) is 6.35. The van der Waals surface area contributed by atoms with E-state index in [9.17, 15) is 16.8 Å². The second kappa shape index (κ2) is 6.21. The predicted octanol–water partition coefficient (Wildman–Crippen LogP) is 0.774. The van der Waals surface area contributed by atoms with Gasteiger partial charge in [0.15, 0.2) is 9.84 Å². The molecule has 1 fully saturated rings. The standard InChI is InChI=1S/C12H17ClN2O4S2/c1-20(16,17)10-4-5-11(13)12(7-10)21(18,19)15-9-3-2-6-14-8-9/h4-5,7,9,14-15H,2-3,6,8H2,1H3/t9-/m1/s1. The Morgan fingerprint density at radius 2 is 2.00 bits per heavy atom. The molecule has 6 nitrogen and oxygen atoms in total. The van der Waals surface area contributed by atoms with E-state index >= 15 is 0 Å². The number of rotatable bonds is 4. The molecule has 0 aromatic heterocycles. The van der Waals surface area contributed by atoms with Gasteiger partial charge in [0.2, 0.25) is 10.0 Å². The molecule has 21 heavy (non-hydrogen) atoms. The number of hydrogen-bond acceptors (Lipinski definition) is 5. The summed E-state index contributed by atoms with van der Waals surface area (Å²) in [6.45, 7) is 1.41. The molecular formula is C12H17ClN2O4S2. The number of sulfone groups is 1. The van der Waals surface area contributed by atoms with E-state index in [1.54, 1.807) is 0 Å². The number of halogens is 1. The maximum Gasteiger partial charge on any atom is 0.242 e. The number of hydrogen-bond donors (Lipinski definition) is 2. The van der Waals surface area contributed by atoms with Crippen LogP contribution in [0.3, 0.4) is 0 Å². The monoisotopic (exact) mass is 352 g/mol. The van der Waals surface area contributed by atoms with Crippen LogP contribution in [-0.4, -0.2) is 42.2 Å². The summed E-state index contributed by atoms with van der Waals surface area (Å²) in [6.07, 6.45) is 2.63. The van der Waals surface area contributed by atoms with Gasteiger partial charge in [-0.3, -0.25) is 0 Å². The van der Waals surface area contributed by atoms with Crippen LogP contribution < -0.4 is 10.0 Å². The Bertz CT molecular complexity index is 726. The Labute approximate surface area is 129 Å². The van der Waals surface area contributed by atoms with E-state index in [-0.39, 0.29) is 20.9 Å². The Hall–Kier alpha value is -0.670. The van der Waals surface area contributed by atoms with Crippen LogP contribution in [-0.2, 0) is 19.9 Å². The van der Waals surface area contributed by atoms with Crippen LogP contribution >= 0.6 is 11.6 Å². The van der Waals surface area contributed by atoms with E-state index in [2.05, 4.69) is 10.0 Å². The van der Waals surface area contributed by atoms with Crippen molar-refractivity contribution in [2.75, 3.05) is 19.3 Å². The first-order chi connectivity index (χ1) is 9.70. The van der Waals surface area contributed by atoms with Gasteiger partial charge in [0.05, 0.1) is 9.92 Å². The fourth-order valence-corrected chi connectivity index (χ4v) is 4.67. The number of piperidine rings is 1. The van der Waals surface area contributed by atoms with Crippen LogP contribution in [0.1, 0.15) is 12.8 Å². The first kappa shape index (κ1) is 16.7. The summed E-state index contributed by atoms with van der Waals surface area (Å²) in [5.41, 5.74) is 0. The summed E-state index contributed by atoms with van der Waals surface area (Å²) < 4.78 is 50.4. The normalized spacial score (nSPS) is 20.4. The molecule has 0 aliphatic carbocycles. The molecule has 0 saturated carbocycles. The molecule has 1 atom stereocenters. The van der Waals surface area contributed by atoms with Crippen molar-refractivity contribution in [1.82, 2.24) is 10.0 Å². The van der Waals surface area contributed by atoms with Crippen molar-refractivity contribution in [3.63, 3.8) is 0 Å². The summed E-state index contributed by atoms with van der Waals surface area (Å²) in [4.78, 5) is -0.285. The second-order valence-electron chi connectivity index (χ2n) is 5.03. The van der Waals surface area contributed by atoms with Crippen LogP contribution in [0, 0.1) is 0 Å². The van der Waals surface area contributed by atoms with Gasteiger partial charge in [0.25, 0.3) is 0 Å². The molecule has 118 valence electrons. The molecule has 1 saturated heterocycles. The highest BCUT2D eigenvalue weighted by molar-refractivity contribution is 7.91. The average molecular weight is 353 g/mol. The van der Waals surface area contributed by atoms with Gasteiger partial charge in [-0.1, -0.05) is 11.6 Å². The fourth-order valence-electron chi connectivity index (χ4n) is 2.16. The molecule has 1 aliphatic heterocycles. The smallest absolute Gasteiger partial charge is 0.242 e. The van der Waals surface area contributed by atoms with Gasteiger partial charge in [0, 0.05) is 18.8 Å². The van der Waals surface area contributed by atoms with Crippen molar-refractivity contribution in [3.05, 3.63) is 23.2 Å². The number of nitrogens with one attached hydrogen (secondary N) is 2.